The fourth-order valence-electron chi connectivity index (χ4n) is 2.79. The van der Waals surface area contributed by atoms with Crippen molar-refractivity contribution in [3.05, 3.63) is 52.9 Å². The second-order valence-corrected chi connectivity index (χ2v) is 6.29. The number of carbonyl (C=O) groups is 2. The van der Waals surface area contributed by atoms with Crippen molar-refractivity contribution in [2.75, 3.05) is 20.6 Å². The predicted octanol–water partition coefficient (Wildman–Crippen LogP) is -0.0505. The largest absolute Gasteiger partial charge is 0.460 e. The van der Waals surface area contributed by atoms with Gasteiger partial charge in [0.15, 0.2) is 0 Å². The summed E-state index contributed by atoms with van der Waals surface area (Å²) in [4.78, 5) is 25.1. The minimum Gasteiger partial charge on any atom is -0.460 e. The van der Waals surface area contributed by atoms with Crippen molar-refractivity contribution in [3.8, 4) is 0 Å². The van der Waals surface area contributed by atoms with Crippen molar-refractivity contribution in [2.45, 2.75) is 6.61 Å². The van der Waals surface area contributed by atoms with Crippen molar-refractivity contribution in [1.82, 2.24) is 4.90 Å². The Kier molecular flexibility index (Phi) is 4.73. The zero-order valence-corrected chi connectivity index (χ0v) is 14.6. The molecule has 1 heterocycles. The van der Waals surface area contributed by atoms with Crippen LogP contribution in [-0.4, -0.2) is 37.4 Å². The quantitative estimate of drug-likeness (QED) is 0.493. The number of nitrogens with two attached hydrogens (primary N) is 2. The van der Waals surface area contributed by atoms with Crippen LogP contribution in [0.1, 0.15) is 15.9 Å². The summed E-state index contributed by atoms with van der Waals surface area (Å²) in [6, 6.07) is 10.4. The molecule has 0 aliphatic carbocycles. The molecule has 0 saturated heterocycles. The van der Waals surface area contributed by atoms with Crippen LogP contribution in [0.25, 0.3) is 21.9 Å². The van der Waals surface area contributed by atoms with E-state index in [2.05, 4.69) is 0 Å². The molecule has 0 atom stereocenters. The first-order chi connectivity index (χ1) is 12.4. The maximum atomic E-state index is 11.7. The van der Waals surface area contributed by atoms with Gasteiger partial charge in [-0.1, -0.05) is 12.1 Å². The van der Waals surface area contributed by atoms with E-state index in [0.29, 0.717) is 32.9 Å². The highest BCUT2D eigenvalue weighted by molar-refractivity contribution is 6.06. The number of amides is 1. The van der Waals surface area contributed by atoms with E-state index < -0.39 is 5.91 Å². The van der Waals surface area contributed by atoms with Crippen molar-refractivity contribution < 1.29 is 24.2 Å². The van der Waals surface area contributed by atoms with Gasteiger partial charge in [0, 0.05) is 0 Å². The van der Waals surface area contributed by atoms with Gasteiger partial charge >= 0.3 is 5.97 Å². The number of benzene rings is 2. The molecule has 0 fully saturated rings. The Balaban J connectivity index is 2.03. The van der Waals surface area contributed by atoms with E-state index in [1.54, 1.807) is 55.4 Å². The van der Waals surface area contributed by atoms with Crippen LogP contribution in [0.4, 0.5) is 0 Å². The number of fused-ring (bicyclic) bond motifs is 2. The molecule has 0 bridgehead atoms. The lowest BCUT2D eigenvalue weighted by Crippen LogP contribution is -2.46. The molecule has 1 aromatic heterocycles. The average molecular weight is 354 g/mol. The fourth-order valence-corrected chi connectivity index (χ4v) is 2.79. The summed E-state index contributed by atoms with van der Waals surface area (Å²) in [5, 5.41) is 7.81. The van der Waals surface area contributed by atoms with Gasteiger partial charge in [0.05, 0.1) is 17.5 Å². The Morgan fingerprint density at radius 2 is 1.96 bits per heavy atom. The molecule has 3 rings (SSSR count). The molecule has 1 amide bonds. The third-order valence-corrected chi connectivity index (χ3v) is 3.96. The highest BCUT2D eigenvalue weighted by Gasteiger charge is 2.16. The minimum atomic E-state index is -0.578. The molecule has 0 aliphatic heterocycles. The van der Waals surface area contributed by atoms with Crippen LogP contribution in [0, 0.1) is 0 Å². The third-order valence-electron chi connectivity index (χ3n) is 3.96. The van der Waals surface area contributed by atoms with Gasteiger partial charge in [0.1, 0.15) is 23.2 Å². The summed E-state index contributed by atoms with van der Waals surface area (Å²) in [5.74, 6) is -0.895. The van der Waals surface area contributed by atoms with Crippen LogP contribution in [0.2, 0.25) is 0 Å². The van der Waals surface area contributed by atoms with Crippen LogP contribution in [0.5, 0.6) is 0 Å². The Morgan fingerprint density at radius 1 is 1.19 bits per heavy atom. The van der Waals surface area contributed by atoms with E-state index in [0.717, 1.165) is 5.56 Å². The SMILES string of the molecule is CN(C)CC(=O)OCc1ccc2oc3cccc(C(N)=O)c3c(=[NH2+])c2c1. The van der Waals surface area contributed by atoms with E-state index in [-0.39, 0.29) is 19.1 Å². The lowest BCUT2D eigenvalue weighted by atomic mass is 10.0. The highest BCUT2D eigenvalue weighted by Crippen LogP contribution is 2.21. The summed E-state index contributed by atoms with van der Waals surface area (Å²) >= 11 is 0. The molecule has 26 heavy (non-hydrogen) atoms. The Morgan fingerprint density at radius 3 is 2.65 bits per heavy atom. The van der Waals surface area contributed by atoms with Gasteiger partial charge in [-0.2, -0.15) is 0 Å². The molecular formula is C19H20N3O4+. The topological polar surface area (TPSA) is 111 Å². The lowest BCUT2D eigenvalue weighted by molar-refractivity contribution is -0.168. The number of rotatable bonds is 5. The maximum Gasteiger partial charge on any atom is 0.320 e. The molecule has 2 aromatic carbocycles. The van der Waals surface area contributed by atoms with Crippen molar-refractivity contribution in [2.24, 2.45) is 5.73 Å². The van der Waals surface area contributed by atoms with Crippen LogP contribution >= 0.6 is 0 Å². The molecule has 7 heteroatoms. The molecule has 0 saturated carbocycles. The summed E-state index contributed by atoms with van der Waals surface area (Å²) in [6.07, 6.45) is 0. The third kappa shape index (κ3) is 3.43. The Bertz CT molecular complexity index is 1070. The molecule has 0 spiro atoms. The van der Waals surface area contributed by atoms with Gasteiger partial charge in [-0.05, 0) is 43.9 Å². The standard InChI is InChI=1S/C19H19N3O4/c1-22(2)9-16(23)25-10-11-6-7-14-13(8-11)18(20)17-12(19(21)24)4-3-5-15(17)26-14/h3-8,20H,9-10H2,1-2H3,(H2,21,24)/p+1. The van der Waals surface area contributed by atoms with Gasteiger partial charge in [0.25, 0.3) is 0 Å². The van der Waals surface area contributed by atoms with Crippen molar-refractivity contribution >= 4 is 33.8 Å². The second kappa shape index (κ2) is 6.97. The van der Waals surface area contributed by atoms with Gasteiger partial charge < -0.3 is 14.9 Å². The zero-order valence-electron chi connectivity index (χ0n) is 14.6. The molecule has 134 valence electrons. The normalized spacial score (nSPS) is 11.2. The molecule has 4 N–H and O–H groups in total. The maximum absolute atomic E-state index is 11.7. The first kappa shape index (κ1) is 17.6. The second-order valence-electron chi connectivity index (χ2n) is 6.29. The number of carbonyl (C=O) groups excluding carboxylic acids is 2. The summed E-state index contributed by atoms with van der Waals surface area (Å²) in [5.41, 5.74) is 7.56. The minimum absolute atomic E-state index is 0.123. The van der Waals surface area contributed by atoms with Crippen LogP contribution in [-0.2, 0) is 16.1 Å². The predicted molar refractivity (Wildman–Crippen MR) is 95.6 cm³/mol. The number of primary amides is 1. The molecule has 7 nitrogen and oxygen atoms in total. The smallest absolute Gasteiger partial charge is 0.320 e. The highest BCUT2D eigenvalue weighted by atomic mass is 16.5. The molecule has 3 aromatic rings. The fraction of sp³-hybridized carbons (Fsp3) is 0.211. The zero-order chi connectivity index (χ0) is 18.8. The van der Waals surface area contributed by atoms with Gasteiger partial charge in [0.2, 0.25) is 11.3 Å². The summed E-state index contributed by atoms with van der Waals surface area (Å²) in [6.45, 7) is 0.329. The molecular weight excluding hydrogens is 334 g/mol. The van der Waals surface area contributed by atoms with Crippen molar-refractivity contribution in [3.63, 3.8) is 0 Å². The lowest BCUT2D eigenvalue weighted by Gasteiger charge is -2.10. The van der Waals surface area contributed by atoms with Gasteiger partial charge in [-0.15, -0.1) is 0 Å². The van der Waals surface area contributed by atoms with Gasteiger partial charge in [-0.3, -0.25) is 19.9 Å². The number of likely N-dealkylation sites (N-methyl/N-ethyl adjacent to an activating group) is 1. The summed E-state index contributed by atoms with van der Waals surface area (Å²) in [7, 11) is 3.59. The van der Waals surface area contributed by atoms with E-state index in [4.69, 9.17) is 20.3 Å². The van der Waals surface area contributed by atoms with Crippen LogP contribution in [0.15, 0.2) is 40.8 Å². The Hall–Kier alpha value is -3.19. The average Bonchev–Trinajstić information content (AvgIpc) is 2.59. The molecule has 0 unspecified atom stereocenters. The van der Waals surface area contributed by atoms with Crippen molar-refractivity contribution in [1.29, 1.82) is 0 Å². The van der Waals surface area contributed by atoms with E-state index in [9.17, 15) is 9.59 Å². The van der Waals surface area contributed by atoms with Gasteiger partial charge in [-0.25, -0.2) is 0 Å². The first-order valence-electron chi connectivity index (χ1n) is 8.04. The Labute approximate surface area is 149 Å². The number of ether oxygens (including phenoxy) is 1. The van der Waals surface area contributed by atoms with E-state index >= 15 is 0 Å². The number of hydrogen-bond donors (Lipinski definition) is 2. The van der Waals surface area contributed by atoms with E-state index in [1.807, 2.05) is 0 Å². The number of hydrogen-bond acceptors (Lipinski definition) is 5. The molecule has 0 radical (unpaired) electrons. The first-order valence-corrected chi connectivity index (χ1v) is 8.04. The van der Waals surface area contributed by atoms with Crippen LogP contribution < -0.4 is 16.5 Å². The van der Waals surface area contributed by atoms with Crippen LogP contribution in [0.3, 0.4) is 0 Å². The monoisotopic (exact) mass is 354 g/mol. The molecule has 0 aliphatic rings. The number of nitrogens with zero attached hydrogens (tertiary/aromatic N) is 1. The number of esters is 1. The van der Waals surface area contributed by atoms with E-state index in [1.165, 1.54) is 0 Å². The summed E-state index contributed by atoms with van der Waals surface area (Å²) < 4.78 is 11.1.